The van der Waals surface area contributed by atoms with Crippen LogP contribution in [0.3, 0.4) is 0 Å². The number of amides is 3. The predicted octanol–water partition coefficient (Wildman–Crippen LogP) is 3.11. The molecule has 1 saturated carbocycles. The third-order valence-electron chi connectivity index (χ3n) is 6.31. The monoisotopic (exact) mass is 531 g/mol. The number of benzene rings is 2. The van der Waals surface area contributed by atoms with E-state index in [1.165, 1.54) is 18.2 Å². The Labute approximate surface area is 217 Å². The van der Waals surface area contributed by atoms with Gasteiger partial charge in [0.2, 0.25) is 24.5 Å². The molecule has 0 spiro atoms. The maximum absolute atomic E-state index is 14.0. The molecule has 1 aliphatic heterocycles. The highest BCUT2D eigenvalue weighted by atomic mass is 32.2. The molecule has 0 unspecified atom stereocenters. The quantitative estimate of drug-likeness (QED) is 0.514. The van der Waals surface area contributed by atoms with Crippen molar-refractivity contribution >= 4 is 39.9 Å². The average molecular weight is 532 g/mol. The van der Waals surface area contributed by atoms with Crippen LogP contribution in [0.15, 0.2) is 42.5 Å². The summed E-state index contributed by atoms with van der Waals surface area (Å²) in [5.41, 5.74) is 0.616. The van der Waals surface area contributed by atoms with Crippen molar-refractivity contribution in [2.75, 3.05) is 28.5 Å². The van der Waals surface area contributed by atoms with Crippen molar-refractivity contribution in [3.63, 3.8) is 0 Å². The van der Waals surface area contributed by atoms with Crippen molar-refractivity contribution in [1.82, 2.24) is 5.32 Å². The van der Waals surface area contributed by atoms with Gasteiger partial charge in [-0.25, -0.2) is 4.39 Å². The molecule has 11 heteroatoms. The maximum atomic E-state index is 14.0. The van der Waals surface area contributed by atoms with Gasteiger partial charge in [-0.15, -0.1) is 0 Å². The summed E-state index contributed by atoms with van der Waals surface area (Å²) in [6.45, 7) is 1.65. The Morgan fingerprint density at radius 1 is 1.05 bits per heavy atom. The first-order valence-electron chi connectivity index (χ1n) is 12.2. The van der Waals surface area contributed by atoms with Gasteiger partial charge in [0.05, 0.1) is 0 Å². The SMILES string of the molecule is C[C@H](C(=O)NC1CCCCC1)N(C(=O)C[S@](=O)CC(=O)Nc1ccc2c(c1)OCO2)c1cccc(F)c1. The van der Waals surface area contributed by atoms with E-state index in [4.69, 9.17) is 9.47 Å². The fraction of sp³-hybridized carbons (Fsp3) is 0.423. The number of carbonyl (C=O) groups excluding carboxylic acids is 3. The summed E-state index contributed by atoms with van der Waals surface area (Å²) in [5, 5.41) is 5.61. The molecule has 2 atom stereocenters. The highest BCUT2D eigenvalue weighted by molar-refractivity contribution is 7.86. The minimum atomic E-state index is -1.87. The lowest BCUT2D eigenvalue weighted by atomic mass is 9.95. The molecule has 2 aliphatic rings. The van der Waals surface area contributed by atoms with E-state index in [-0.39, 0.29) is 24.4 Å². The molecule has 0 saturated heterocycles. The third-order valence-corrected chi connectivity index (χ3v) is 7.46. The zero-order valence-corrected chi connectivity index (χ0v) is 21.4. The molecule has 1 fully saturated rings. The number of nitrogens with zero attached hydrogens (tertiary/aromatic N) is 1. The van der Waals surface area contributed by atoms with Crippen molar-refractivity contribution < 1.29 is 32.5 Å². The summed E-state index contributed by atoms with van der Waals surface area (Å²) in [6.07, 6.45) is 4.92. The first kappa shape index (κ1) is 26.6. The van der Waals surface area contributed by atoms with Gasteiger partial charge < -0.3 is 20.1 Å². The van der Waals surface area contributed by atoms with Crippen LogP contribution in [0, 0.1) is 5.82 Å². The zero-order chi connectivity index (χ0) is 26.4. The molecule has 3 amide bonds. The topological polar surface area (TPSA) is 114 Å². The van der Waals surface area contributed by atoms with E-state index in [2.05, 4.69) is 10.6 Å². The molecule has 0 radical (unpaired) electrons. The summed E-state index contributed by atoms with van der Waals surface area (Å²) in [7, 11) is -1.87. The van der Waals surface area contributed by atoms with Crippen molar-refractivity contribution in [1.29, 1.82) is 0 Å². The second kappa shape index (κ2) is 12.2. The summed E-state index contributed by atoms with van der Waals surface area (Å²) >= 11 is 0. The lowest BCUT2D eigenvalue weighted by Gasteiger charge is -2.31. The van der Waals surface area contributed by atoms with Gasteiger partial charge in [-0.05, 0) is 50.1 Å². The molecule has 1 aliphatic carbocycles. The van der Waals surface area contributed by atoms with Crippen LogP contribution in [0.5, 0.6) is 11.5 Å². The molecular formula is C26H30FN3O6S. The highest BCUT2D eigenvalue weighted by Gasteiger charge is 2.30. The summed E-state index contributed by atoms with van der Waals surface area (Å²) in [4.78, 5) is 39.8. The molecule has 2 aromatic rings. The van der Waals surface area contributed by atoms with Crippen LogP contribution in [0.25, 0.3) is 0 Å². The lowest BCUT2D eigenvalue weighted by Crippen LogP contribution is -2.52. The average Bonchev–Trinajstić information content (AvgIpc) is 3.32. The summed E-state index contributed by atoms with van der Waals surface area (Å²) < 4.78 is 37.2. The van der Waals surface area contributed by atoms with E-state index >= 15 is 0 Å². The lowest BCUT2D eigenvalue weighted by molar-refractivity contribution is -0.126. The highest BCUT2D eigenvalue weighted by Crippen LogP contribution is 2.34. The van der Waals surface area contributed by atoms with E-state index in [0.717, 1.165) is 43.1 Å². The van der Waals surface area contributed by atoms with Gasteiger partial charge in [0, 0.05) is 34.3 Å². The largest absolute Gasteiger partial charge is 0.454 e. The van der Waals surface area contributed by atoms with Crippen LogP contribution in [0.4, 0.5) is 15.8 Å². The van der Waals surface area contributed by atoms with Gasteiger partial charge in [-0.1, -0.05) is 25.3 Å². The number of halogens is 1. The van der Waals surface area contributed by atoms with E-state index < -0.39 is 46.0 Å². The number of fused-ring (bicyclic) bond motifs is 1. The van der Waals surface area contributed by atoms with Crippen molar-refractivity contribution in [2.45, 2.75) is 51.1 Å². The van der Waals surface area contributed by atoms with Crippen molar-refractivity contribution in [2.24, 2.45) is 0 Å². The van der Waals surface area contributed by atoms with Gasteiger partial charge in [0.15, 0.2) is 11.5 Å². The first-order valence-corrected chi connectivity index (χ1v) is 13.7. The second-order valence-corrected chi connectivity index (χ2v) is 10.6. The normalized spacial score (nSPS) is 16.5. The number of hydrogen-bond acceptors (Lipinski definition) is 6. The standard InChI is InChI=1S/C26H30FN3O6S/c1-17(26(33)29-19-7-3-2-4-8-19)30(21-9-5-6-18(27)12-21)25(32)15-37(34)14-24(31)28-20-10-11-22-23(13-20)36-16-35-22/h5-6,9-13,17,19H,2-4,7-8,14-16H2,1H3,(H,28,31)(H,29,33)/t17-,37-/m1/s1. The molecule has 2 N–H and O–H groups in total. The summed E-state index contributed by atoms with van der Waals surface area (Å²) in [6, 6.07) is 9.26. The molecule has 0 bridgehead atoms. The molecular weight excluding hydrogens is 501 g/mol. The van der Waals surface area contributed by atoms with E-state index in [1.54, 1.807) is 25.1 Å². The van der Waals surface area contributed by atoms with Gasteiger partial charge in [-0.3, -0.25) is 23.5 Å². The third kappa shape index (κ3) is 7.06. The van der Waals surface area contributed by atoms with Crippen molar-refractivity contribution in [3.05, 3.63) is 48.3 Å². The smallest absolute Gasteiger partial charge is 0.243 e. The maximum Gasteiger partial charge on any atom is 0.243 e. The number of carbonyl (C=O) groups is 3. The first-order chi connectivity index (χ1) is 17.8. The van der Waals surface area contributed by atoms with Crippen LogP contribution in [0.2, 0.25) is 0 Å². The van der Waals surface area contributed by atoms with Gasteiger partial charge in [0.1, 0.15) is 23.4 Å². The Balaban J connectivity index is 1.40. The molecule has 4 rings (SSSR count). The van der Waals surface area contributed by atoms with E-state index in [0.29, 0.717) is 17.2 Å². The molecule has 9 nitrogen and oxygen atoms in total. The Bertz CT molecular complexity index is 1190. The van der Waals surface area contributed by atoms with Crippen LogP contribution in [0.1, 0.15) is 39.0 Å². The number of ether oxygens (including phenoxy) is 2. The molecule has 1 heterocycles. The van der Waals surface area contributed by atoms with E-state index in [9.17, 15) is 23.0 Å². The van der Waals surface area contributed by atoms with Gasteiger partial charge in [0.25, 0.3) is 0 Å². The van der Waals surface area contributed by atoms with E-state index in [1.807, 2.05) is 0 Å². The molecule has 37 heavy (non-hydrogen) atoms. The number of hydrogen-bond donors (Lipinski definition) is 2. The Morgan fingerprint density at radius 3 is 2.57 bits per heavy atom. The number of nitrogens with one attached hydrogen (secondary N) is 2. The fourth-order valence-electron chi connectivity index (χ4n) is 4.47. The fourth-order valence-corrected chi connectivity index (χ4v) is 5.35. The predicted molar refractivity (Wildman–Crippen MR) is 137 cm³/mol. The van der Waals surface area contributed by atoms with Crippen LogP contribution >= 0.6 is 0 Å². The molecule has 2 aromatic carbocycles. The minimum absolute atomic E-state index is 0.0298. The van der Waals surface area contributed by atoms with Crippen molar-refractivity contribution in [3.8, 4) is 11.5 Å². The molecule has 0 aromatic heterocycles. The van der Waals surface area contributed by atoms with Gasteiger partial charge in [-0.2, -0.15) is 0 Å². The Kier molecular flexibility index (Phi) is 8.75. The second-order valence-electron chi connectivity index (χ2n) is 9.11. The minimum Gasteiger partial charge on any atom is -0.454 e. The zero-order valence-electron chi connectivity index (χ0n) is 20.5. The number of rotatable bonds is 9. The van der Waals surface area contributed by atoms with Gasteiger partial charge >= 0.3 is 0 Å². The Morgan fingerprint density at radius 2 is 1.81 bits per heavy atom. The van der Waals surface area contributed by atoms with Crippen LogP contribution < -0.4 is 25.0 Å². The molecule has 198 valence electrons. The Hall–Kier alpha value is -3.47. The van der Waals surface area contributed by atoms with Crippen LogP contribution in [-0.2, 0) is 25.2 Å². The number of anilines is 2. The van der Waals surface area contributed by atoms with Crippen LogP contribution in [-0.4, -0.2) is 52.3 Å². The summed E-state index contributed by atoms with van der Waals surface area (Å²) in [5.74, 6) is -2.02.